The van der Waals surface area contributed by atoms with Gasteiger partial charge in [-0.15, -0.1) is 0 Å². The van der Waals surface area contributed by atoms with Gasteiger partial charge in [0.1, 0.15) is 11.6 Å². The molecule has 0 radical (unpaired) electrons. The molecular weight excluding hydrogens is 204 g/mol. The van der Waals surface area contributed by atoms with Crippen LogP contribution in [0.3, 0.4) is 0 Å². The first-order valence-electron chi connectivity index (χ1n) is 5.38. The van der Waals surface area contributed by atoms with E-state index in [0.717, 1.165) is 11.3 Å². The van der Waals surface area contributed by atoms with E-state index in [1.54, 1.807) is 6.07 Å². The SMILES string of the molecule is CC(C)[C@H]1Cc2[nH]c(=O)c(C#N)cc2CO1. The minimum atomic E-state index is -0.300. The molecule has 0 spiro atoms. The Morgan fingerprint density at radius 1 is 1.62 bits per heavy atom. The van der Waals surface area contributed by atoms with E-state index in [-0.39, 0.29) is 17.2 Å². The smallest absolute Gasteiger partial charge is 0.266 e. The molecule has 1 N–H and O–H groups in total. The third-order valence-electron chi connectivity index (χ3n) is 2.94. The number of fused-ring (bicyclic) bond motifs is 1. The number of nitrogens with one attached hydrogen (secondary N) is 1. The van der Waals surface area contributed by atoms with Crippen LogP contribution >= 0.6 is 0 Å². The van der Waals surface area contributed by atoms with Crippen molar-refractivity contribution in [1.29, 1.82) is 5.26 Å². The van der Waals surface area contributed by atoms with Crippen molar-refractivity contribution in [3.63, 3.8) is 0 Å². The van der Waals surface area contributed by atoms with Gasteiger partial charge in [-0.05, 0) is 17.5 Å². The number of ether oxygens (including phenoxy) is 1. The van der Waals surface area contributed by atoms with Gasteiger partial charge in [0, 0.05) is 12.1 Å². The fourth-order valence-electron chi connectivity index (χ4n) is 1.89. The quantitative estimate of drug-likeness (QED) is 0.773. The highest BCUT2D eigenvalue weighted by Gasteiger charge is 2.23. The number of pyridine rings is 1. The van der Waals surface area contributed by atoms with Crippen LogP contribution in [-0.2, 0) is 17.8 Å². The van der Waals surface area contributed by atoms with Crippen molar-refractivity contribution in [2.75, 3.05) is 0 Å². The van der Waals surface area contributed by atoms with Crippen LogP contribution < -0.4 is 5.56 Å². The van der Waals surface area contributed by atoms with Crippen molar-refractivity contribution in [2.45, 2.75) is 33.0 Å². The van der Waals surface area contributed by atoms with Gasteiger partial charge in [0.15, 0.2) is 0 Å². The van der Waals surface area contributed by atoms with Crippen LogP contribution in [-0.4, -0.2) is 11.1 Å². The summed E-state index contributed by atoms with van der Waals surface area (Å²) in [6, 6.07) is 3.51. The van der Waals surface area contributed by atoms with Gasteiger partial charge in [-0.25, -0.2) is 0 Å². The average molecular weight is 218 g/mol. The van der Waals surface area contributed by atoms with Gasteiger partial charge >= 0.3 is 0 Å². The molecular formula is C12H14N2O2. The molecule has 2 heterocycles. The van der Waals surface area contributed by atoms with Gasteiger partial charge in [0.2, 0.25) is 0 Å². The highest BCUT2D eigenvalue weighted by Crippen LogP contribution is 2.22. The molecule has 1 aromatic heterocycles. The van der Waals surface area contributed by atoms with Gasteiger partial charge in [-0.3, -0.25) is 4.79 Å². The molecule has 16 heavy (non-hydrogen) atoms. The highest BCUT2D eigenvalue weighted by molar-refractivity contribution is 5.33. The zero-order chi connectivity index (χ0) is 11.7. The van der Waals surface area contributed by atoms with Gasteiger partial charge in [-0.1, -0.05) is 13.8 Å². The Morgan fingerprint density at radius 3 is 3.00 bits per heavy atom. The molecule has 1 aliphatic rings. The van der Waals surface area contributed by atoms with E-state index in [4.69, 9.17) is 10.00 Å². The standard InChI is InChI=1S/C12H14N2O2/c1-7(2)11-4-10-9(6-16-11)3-8(5-13)12(15)14-10/h3,7,11H,4,6H2,1-2H3,(H,14,15)/t11-/m1/s1. The van der Waals surface area contributed by atoms with E-state index >= 15 is 0 Å². The Morgan fingerprint density at radius 2 is 2.38 bits per heavy atom. The van der Waals surface area contributed by atoms with Gasteiger partial charge in [-0.2, -0.15) is 5.26 Å². The Kier molecular flexibility index (Phi) is 2.80. The first kappa shape index (κ1) is 10.9. The topological polar surface area (TPSA) is 65.9 Å². The fourth-order valence-corrected chi connectivity index (χ4v) is 1.89. The average Bonchev–Trinajstić information content (AvgIpc) is 2.27. The molecule has 0 fully saturated rings. The molecule has 2 rings (SSSR count). The summed E-state index contributed by atoms with van der Waals surface area (Å²) in [7, 11) is 0. The second-order valence-corrected chi connectivity index (χ2v) is 4.43. The van der Waals surface area contributed by atoms with Crippen LogP contribution in [0.25, 0.3) is 0 Å². The minimum Gasteiger partial charge on any atom is -0.373 e. The number of rotatable bonds is 1. The number of H-pyrrole nitrogens is 1. The predicted molar refractivity (Wildman–Crippen MR) is 58.9 cm³/mol. The summed E-state index contributed by atoms with van der Waals surface area (Å²) < 4.78 is 5.67. The number of nitriles is 1. The molecule has 0 unspecified atom stereocenters. The van der Waals surface area contributed by atoms with Crippen molar-refractivity contribution in [1.82, 2.24) is 4.98 Å². The lowest BCUT2D eigenvalue weighted by Gasteiger charge is -2.27. The molecule has 1 atom stereocenters. The van der Waals surface area contributed by atoms with Gasteiger partial charge < -0.3 is 9.72 Å². The van der Waals surface area contributed by atoms with Crippen LogP contribution in [0, 0.1) is 17.2 Å². The van der Waals surface area contributed by atoms with Crippen molar-refractivity contribution >= 4 is 0 Å². The van der Waals surface area contributed by atoms with E-state index in [1.807, 2.05) is 6.07 Å². The second kappa shape index (κ2) is 4.11. The third-order valence-corrected chi connectivity index (χ3v) is 2.94. The summed E-state index contributed by atoms with van der Waals surface area (Å²) in [4.78, 5) is 14.3. The maximum Gasteiger partial charge on any atom is 0.266 e. The molecule has 0 bridgehead atoms. The van der Waals surface area contributed by atoms with Gasteiger partial charge in [0.05, 0.1) is 12.7 Å². The molecule has 0 aliphatic carbocycles. The fraction of sp³-hybridized carbons (Fsp3) is 0.500. The minimum absolute atomic E-state index is 0.149. The molecule has 0 aromatic carbocycles. The summed E-state index contributed by atoms with van der Waals surface area (Å²) in [5.41, 5.74) is 1.69. The molecule has 4 heteroatoms. The first-order valence-corrected chi connectivity index (χ1v) is 5.38. The van der Waals surface area contributed by atoms with Crippen molar-refractivity contribution in [3.8, 4) is 6.07 Å². The molecule has 1 aromatic rings. The molecule has 84 valence electrons. The van der Waals surface area contributed by atoms with Crippen molar-refractivity contribution < 1.29 is 4.74 Å². The monoisotopic (exact) mass is 218 g/mol. The predicted octanol–water partition coefficient (Wildman–Crippen LogP) is 1.34. The molecule has 0 amide bonds. The van der Waals surface area contributed by atoms with Crippen molar-refractivity contribution in [2.24, 2.45) is 5.92 Å². The Hall–Kier alpha value is -1.60. The number of hydrogen-bond acceptors (Lipinski definition) is 3. The lowest BCUT2D eigenvalue weighted by atomic mass is 9.96. The first-order chi connectivity index (χ1) is 7.61. The summed E-state index contributed by atoms with van der Waals surface area (Å²) in [6.45, 7) is 4.67. The van der Waals surface area contributed by atoms with E-state index in [2.05, 4.69) is 18.8 Å². The second-order valence-electron chi connectivity index (χ2n) is 4.43. The highest BCUT2D eigenvalue weighted by atomic mass is 16.5. The zero-order valence-electron chi connectivity index (χ0n) is 9.41. The van der Waals surface area contributed by atoms with Crippen LogP contribution in [0.1, 0.15) is 30.7 Å². The molecule has 0 saturated heterocycles. The summed E-state index contributed by atoms with van der Waals surface area (Å²) in [6.07, 6.45) is 0.865. The maximum atomic E-state index is 11.5. The Bertz CT molecular complexity index is 497. The summed E-state index contributed by atoms with van der Waals surface area (Å²) in [5.74, 6) is 0.423. The van der Waals surface area contributed by atoms with Gasteiger partial charge in [0.25, 0.3) is 5.56 Å². The Balaban J connectivity index is 2.38. The molecule has 4 nitrogen and oxygen atoms in total. The number of nitrogens with zero attached hydrogens (tertiary/aromatic N) is 1. The van der Waals surface area contributed by atoms with Crippen LogP contribution in [0.4, 0.5) is 0 Å². The number of aromatic amines is 1. The van der Waals surface area contributed by atoms with Crippen LogP contribution in [0.15, 0.2) is 10.9 Å². The molecule has 0 saturated carbocycles. The summed E-state index contributed by atoms with van der Waals surface area (Å²) in [5, 5.41) is 8.75. The number of aromatic nitrogens is 1. The third kappa shape index (κ3) is 1.86. The zero-order valence-corrected chi connectivity index (χ0v) is 9.41. The normalized spacial score (nSPS) is 19.2. The Labute approximate surface area is 93.9 Å². The van der Waals surface area contributed by atoms with Crippen molar-refractivity contribution in [3.05, 3.63) is 33.2 Å². The maximum absolute atomic E-state index is 11.5. The lowest BCUT2D eigenvalue weighted by molar-refractivity contribution is -0.00163. The summed E-state index contributed by atoms with van der Waals surface area (Å²) >= 11 is 0. The van der Waals surface area contributed by atoms with Crippen LogP contribution in [0.5, 0.6) is 0 Å². The van der Waals surface area contributed by atoms with E-state index < -0.39 is 0 Å². The lowest BCUT2D eigenvalue weighted by Crippen LogP contribution is -2.30. The number of hydrogen-bond donors (Lipinski definition) is 1. The van der Waals surface area contributed by atoms with E-state index in [0.29, 0.717) is 18.9 Å². The van der Waals surface area contributed by atoms with Crippen LogP contribution in [0.2, 0.25) is 0 Å². The van der Waals surface area contributed by atoms with E-state index in [9.17, 15) is 4.79 Å². The van der Waals surface area contributed by atoms with E-state index in [1.165, 1.54) is 0 Å². The largest absolute Gasteiger partial charge is 0.373 e. The molecule has 1 aliphatic heterocycles.